The predicted octanol–water partition coefficient (Wildman–Crippen LogP) is 5.09. The van der Waals surface area contributed by atoms with Gasteiger partial charge in [0.2, 0.25) is 0 Å². The highest BCUT2D eigenvalue weighted by Crippen LogP contribution is 2.26. The van der Waals surface area contributed by atoms with Gasteiger partial charge < -0.3 is 5.32 Å². The Bertz CT molecular complexity index is 581. The number of pyridine rings is 1. The second-order valence-electron chi connectivity index (χ2n) is 5.18. The summed E-state index contributed by atoms with van der Waals surface area (Å²) >= 11 is 9.71. The molecule has 0 spiro atoms. The molecule has 112 valence electrons. The molecule has 2 rings (SSSR count). The summed E-state index contributed by atoms with van der Waals surface area (Å²) in [5.74, 6) is 0. The van der Waals surface area contributed by atoms with Crippen LogP contribution in [-0.2, 0) is 6.42 Å². The van der Waals surface area contributed by atoms with Gasteiger partial charge in [0.15, 0.2) is 0 Å². The molecule has 1 aromatic carbocycles. The molecule has 0 aliphatic heterocycles. The molecule has 21 heavy (non-hydrogen) atoms. The third kappa shape index (κ3) is 4.80. The van der Waals surface area contributed by atoms with E-state index in [2.05, 4.69) is 52.2 Å². The smallest absolute Gasteiger partial charge is 0.0451 e. The highest BCUT2D eigenvalue weighted by molar-refractivity contribution is 9.10. The van der Waals surface area contributed by atoms with Gasteiger partial charge in [-0.15, -0.1) is 0 Å². The van der Waals surface area contributed by atoms with E-state index in [1.54, 1.807) is 0 Å². The van der Waals surface area contributed by atoms with Crippen molar-refractivity contribution in [2.24, 2.45) is 0 Å². The third-order valence-electron chi connectivity index (χ3n) is 3.44. The minimum Gasteiger partial charge on any atom is -0.310 e. The van der Waals surface area contributed by atoms with Crippen molar-refractivity contribution in [1.82, 2.24) is 10.3 Å². The van der Waals surface area contributed by atoms with Gasteiger partial charge >= 0.3 is 0 Å². The van der Waals surface area contributed by atoms with Crippen molar-refractivity contribution in [2.75, 3.05) is 6.54 Å². The highest BCUT2D eigenvalue weighted by atomic mass is 79.9. The molecule has 4 heteroatoms. The molecule has 1 unspecified atom stereocenters. The molecular weight excluding hydrogens is 348 g/mol. The van der Waals surface area contributed by atoms with E-state index in [9.17, 15) is 0 Å². The van der Waals surface area contributed by atoms with E-state index in [1.807, 2.05) is 24.4 Å². The summed E-state index contributed by atoms with van der Waals surface area (Å²) in [6.07, 6.45) is 3.81. The minimum atomic E-state index is 0.216. The lowest BCUT2D eigenvalue weighted by molar-refractivity contribution is 0.523. The zero-order chi connectivity index (χ0) is 15.2. The molecule has 0 saturated heterocycles. The van der Waals surface area contributed by atoms with E-state index < -0.39 is 0 Å². The van der Waals surface area contributed by atoms with E-state index in [-0.39, 0.29) is 6.04 Å². The van der Waals surface area contributed by atoms with E-state index in [1.165, 1.54) is 11.1 Å². The Balaban J connectivity index is 2.27. The number of nitrogens with zero attached hydrogens (tertiary/aromatic N) is 1. The fourth-order valence-corrected chi connectivity index (χ4v) is 3.21. The lowest BCUT2D eigenvalue weighted by atomic mass is 9.99. The maximum Gasteiger partial charge on any atom is 0.0451 e. The molecule has 0 saturated carbocycles. The van der Waals surface area contributed by atoms with E-state index in [4.69, 9.17) is 11.6 Å². The number of hydrogen-bond donors (Lipinski definition) is 1. The van der Waals surface area contributed by atoms with Crippen LogP contribution in [0.2, 0.25) is 5.02 Å². The number of rotatable bonds is 6. The molecule has 1 atom stereocenters. The van der Waals surface area contributed by atoms with Crippen LogP contribution in [0.15, 0.2) is 41.0 Å². The average Bonchev–Trinajstić information content (AvgIpc) is 2.44. The highest BCUT2D eigenvalue weighted by Gasteiger charge is 2.14. The quantitative estimate of drug-likeness (QED) is 0.769. The summed E-state index contributed by atoms with van der Waals surface area (Å²) in [6, 6.07) is 10.4. The van der Waals surface area contributed by atoms with Gasteiger partial charge in [0.25, 0.3) is 0 Å². The molecular formula is C17H20BrClN2. The number of nitrogens with one attached hydrogen (secondary N) is 1. The fourth-order valence-electron chi connectivity index (χ4n) is 2.33. The monoisotopic (exact) mass is 366 g/mol. The zero-order valence-corrected chi connectivity index (χ0v) is 14.7. The molecule has 0 aliphatic rings. The predicted molar refractivity (Wildman–Crippen MR) is 92.9 cm³/mol. The fraction of sp³-hybridized carbons (Fsp3) is 0.353. The van der Waals surface area contributed by atoms with Crippen molar-refractivity contribution < 1.29 is 0 Å². The molecule has 1 heterocycles. The normalized spacial score (nSPS) is 12.4. The lowest BCUT2D eigenvalue weighted by Gasteiger charge is -2.20. The van der Waals surface area contributed by atoms with E-state index >= 15 is 0 Å². The Morgan fingerprint density at radius 1 is 1.33 bits per heavy atom. The second kappa shape index (κ2) is 7.92. The Kier molecular flexibility index (Phi) is 6.22. The Hall–Kier alpha value is -0.900. The zero-order valence-electron chi connectivity index (χ0n) is 12.4. The third-order valence-corrected chi connectivity index (χ3v) is 4.12. The molecule has 0 aliphatic carbocycles. The molecule has 2 aromatic rings. The summed E-state index contributed by atoms with van der Waals surface area (Å²) in [7, 11) is 0. The van der Waals surface area contributed by atoms with Crippen LogP contribution in [0.1, 0.15) is 36.2 Å². The van der Waals surface area contributed by atoms with E-state index in [0.29, 0.717) is 0 Å². The lowest BCUT2D eigenvalue weighted by Crippen LogP contribution is -2.24. The Morgan fingerprint density at radius 2 is 2.14 bits per heavy atom. The summed E-state index contributed by atoms with van der Waals surface area (Å²) in [5, 5.41) is 4.35. The van der Waals surface area contributed by atoms with Crippen LogP contribution >= 0.6 is 27.5 Å². The standard InChI is InChI=1S/C17H20BrClN2/c1-3-6-20-17(11-16-12(2)5-4-7-21-16)13-8-14(18)10-15(19)9-13/h4-5,7-10,17,20H,3,6,11H2,1-2H3. The van der Waals surface area contributed by atoms with Gasteiger partial charge in [-0.05, 0) is 55.3 Å². The van der Waals surface area contributed by atoms with Gasteiger partial charge in [0.05, 0.1) is 0 Å². The summed E-state index contributed by atoms with van der Waals surface area (Å²) in [5.41, 5.74) is 3.54. The first kappa shape index (κ1) is 16.5. The van der Waals surface area contributed by atoms with Crippen molar-refractivity contribution in [3.05, 3.63) is 62.8 Å². The van der Waals surface area contributed by atoms with Crippen LogP contribution in [0.4, 0.5) is 0 Å². The first-order chi connectivity index (χ1) is 10.1. The van der Waals surface area contributed by atoms with Gasteiger partial charge in [-0.2, -0.15) is 0 Å². The first-order valence-electron chi connectivity index (χ1n) is 7.20. The minimum absolute atomic E-state index is 0.216. The number of hydrogen-bond acceptors (Lipinski definition) is 2. The summed E-state index contributed by atoms with van der Waals surface area (Å²) < 4.78 is 1.01. The van der Waals surface area contributed by atoms with Gasteiger partial charge in [0.1, 0.15) is 0 Å². The van der Waals surface area contributed by atoms with Crippen molar-refractivity contribution >= 4 is 27.5 Å². The molecule has 0 radical (unpaired) electrons. The van der Waals surface area contributed by atoms with E-state index in [0.717, 1.165) is 34.6 Å². The second-order valence-corrected chi connectivity index (χ2v) is 6.53. The van der Waals surface area contributed by atoms with Gasteiger partial charge in [-0.1, -0.05) is 40.5 Å². The van der Waals surface area contributed by atoms with Crippen molar-refractivity contribution in [2.45, 2.75) is 32.7 Å². The number of aryl methyl sites for hydroxylation is 1. The topological polar surface area (TPSA) is 24.9 Å². The Labute approximate surface area is 140 Å². The maximum atomic E-state index is 6.19. The molecule has 1 aromatic heterocycles. The van der Waals surface area contributed by atoms with Crippen LogP contribution in [0.25, 0.3) is 0 Å². The summed E-state index contributed by atoms with van der Waals surface area (Å²) in [6.45, 7) is 5.25. The molecule has 2 nitrogen and oxygen atoms in total. The largest absolute Gasteiger partial charge is 0.310 e. The van der Waals surface area contributed by atoms with Gasteiger partial charge in [-0.25, -0.2) is 0 Å². The number of aromatic nitrogens is 1. The maximum absolute atomic E-state index is 6.19. The molecule has 0 bridgehead atoms. The van der Waals surface area contributed by atoms with Crippen LogP contribution in [0.3, 0.4) is 0 Å². The van der Waals surface area contributed by atoms with Crippen molar-refractivity contribution in [3.63, 3.8) is 0 Å². The first-order valence-corrected chi connectivity index (χ1v) is 8.37. The summed E-state index contributed by atoms with van der Waals surface area (Å²) in [4.78, 5) is 4.51. The van der Waals surface area contributed by atoms with Crippen LogP contribution in [-0.4, -0.2) is 11.5 Å². The van der Waals surface area contributed by atoms with Crippen molar-refractivity contribution in [1.29, 1.82) is 0 Å². The van der Waals surface area contributed by atoms with Crippen LogP contribution in [0.5, 0.6) is 0 Å². The molecule has 0 fully saturated rings. The van der Waals surface area contributed by atoms with Gasteiger partial charge in [-0.3, -0.25) is 4.98 Å². The molecule has 1 N–H and O–H groups in total. The average molecular weight is 368 g/mol. The van der Waals surface area contributed by atoms with Gasteiger partial charge in [0, 0.05) is 33.8 Å². The Morgan fingerprint density at radius 3 is 2.81 bits per heavy atom. The van der Waals surface area contributed by atoms with Crippen LogP contribution in [0, 0.1) is 6.92 Å². The van der Waals surface area contributed by atoms with Crippen LogP contribution < -0.4 is 5.32 Å². The number of benzene rings is 1. The number of halogens is 2. The molecule has 0 amide bonds. The SMILES string of the molecule is CCCNC(Cc1ncccc1C)c1cc(Cl)cc(Br)c1. The van der Waals surface area contributed by atoms with Crippen molar-refractivity contribution in [3.8, 4) is 0 Å².